The maximum absolute atomic E-state index is 7.08. The Balaban J connectivity index is 0.902. The molecular formula is C64H39BN2O4. The largest absolute Gasteiger partial charge is 0.458 e. The minimum Gasteiger partial charge on any atom is -0.458 e. The van der Waals surface area contributed by atoms with E-state index in [9.17, 15) is 0 Å². The molecule has 0 amide bonds. The molecule has 11 aromatic carbocycles. The minimum absolute atomic E-state index is 0.238. The summed E-state index contributed by atoms with van der Waals surface area (Å²) in [5.41, 5.74) is 14.5. The van der Waals surface area contributed by atoms with Gasteiger partial charge in [-0.2, -0.15) is 0 Å². The fraction of sp³-hybridized carbons (Fsp3) is 0. The van der Waals surface area contributed by atoms with Gasteiger partial charge < -0.3 is 28.1 Å². The van der Waals surface area contributed by atoms with Gasteiger partial charge in [0.25, 0.3) is 6.71 Å². The van der Waals surface area contributed by atoms with Crippen LogP contribution in [0, 0.1) is 0 Å². The normalized spacial score (nSPS) is 12.4. The monoisotopic (exact) mass is 910 g/mol. The molecule has 0 radical (unpaired) electrons. The van der Waals surface area contributed by atoms with Crippen molar-refractivity contribution < 1.29 is 18.3 Å². The fourth-order valence-electron chi connectivity index (χ4n) is 11.0. The predicted octanol–water partition coefficient (Wildman–Crippen LogP) is 16.0. The van der Waals surface area contributed by atoms with Gasteiger partial charge in [0.15, 0.2) is 0 Å². The maximum Gasteiger partial charge on any atom is 0.261 e. The highest BCUT2D eigenvalue weighted by Crippen LogP contribution is 2.45. The lowest BCUT2D eigenvalue weighted by Gasteiger charge is -2.33. The zero-order valence-electron chi connectivity index (χ0n) is 38.1. The van der Waals surface area contributed by atoms with E-state index in [2.05, 4.69) is 222 Å². The number of hydrogen-bond acceptors (Lipinski definition) is 6. The van der Waals surface area contributed by atoms with Crippen molar-refractivity contribution in [1.29, 1.82) is 0 Å². The molecule has 2 aliphatic heterocycles. The van der Waals surface area contributed by atoms with Crippen molar-refractivity contribution in [3.05, 3.63) is 237 Å². The fourth-order valence-corrected chi connectivity index (χ4v) is 11.0. The van der Waals surface area contributed by atoms with Crippen LogP contribution in [0.3, 0.4) is 0 Å². The van der Waals surface area contributed by atoms with E-state index >= 15 is 0 Å². The van der Waals surface area contributed by atoms with Crippen molar-refractivity contribution in [2.45, 2.75) is 0 Å². The third-order valence-electron chi connectivity index (χ3n) is 14.3. The van der Waals surface area contributed by atoms with E-state index in [4.69, 9.17) is 18.3 Å². The van der Waals surface area contributed by atoms with Crippen LogP contribution in [-0.2, 0) is 0 Å². The van der Waals surface area contributed by atoms with Gasteiger partial charge in [0.2, 0.25) is 0 Å². The summed E-state index contributed by atoms with van der Waals surface area (Å²) in [7, 11) is 0. The van der Waals surface area contributed by atoms with Crippen molar-refractivity contribution in [2.24, 2.45) is 0 Å². The van der Waals surface area contributed by atoms with Crippen LogP contribution in [0.5, 0.6) is 23.0 Å². The van der Waals surface area contributed by atoms with Crippen molar-refractivity contribution in [2.75, 3.05) is 9.80 Å². The van der Waals surface area contributed by atoms with Crippen LogP contribution >= 0.6 is 0 Å². The summed E-state index contributed by atoms with van der Waals surface area (Å²) in [5, 5.41) is 6.37. The Morgan fingerprint density at radius 1 is 0.282 bits per heavy atom. The Morgan fingerprint density at radius 3 is 1.17 bits per heavy atom. The van der Waals surface area contributed by atoms with Gasteiger partial charge in [0, 0.05) is 73.3 Å². The Labute approximate surface area is 408 Å². The topological polar surface area (TPSA) is 51.2 Å². The van der Waals surface area contributed by atoms with Crippen LogP contribution in [0.25, 0.3) is 65.8 Å². The van der Waals surface area contributed by atoms with Crippen LogP contribution in [0.4, 0.5) is 34.1 Å². The van der Waals surface area contributed by atoms with Crippen LogP contribution in [0.2, 0.25) is 0 Å². The molecule has 13 aromatic rings. The third kappa shape index (κ3) is 6.37. The molecule has 0 fully saturated rings. The van der Waals surface area contributed by atoms with Gasteiger partial charge in [-0.15, -0.1) is 0 Å². The molecule has 71 heavy (non-hydrogen) atoms. The zero-order chi connectivity index (χ0) is 46.6. The molecule has 2 aromatic heterocycles. The lowest BCUT2D eigenvalue weighted by molar-refractivity contribution is 0.465. The molecular weight excluding hydrogens is 872 g/mol. The first-order valence-electron chi connectivity index (χ1n) is 24.0. The average Bonchev–Trinajstić information content (AvgIpc) is 3.97. The summed E-state index contributed by atoms with van der Waals surface area (Å²) in [4.78, 5) is 4.51. The second-order valence-electron chi connectivity index (χ2n) is 18.4. The van der Waals surface area contributed by atoms with Gasteiger partial charge in [-0.3, -0.25) is 0 Å². The highest BCUT2D eigenvalue weighted by atomic mass is 16.5. The van der Waals surface area contributed by atoms with Crippen LogP contribution < -0.4 is 35.7 Å². The van der Waals surface area contributed by atoms with Crippen molar-refractivity contribution >= 4 is 112 Å². The van der Waals surface area contributed by atoms with Gasteiger partial charge in [-0.05, 0) is 148 Å². The number of ether oxygens (including phenoxy) is 2. The number of furan rings is 2. The molecule has 7 heteroatoms. The summed E-state index contributed by atoms with van der Waals surface area (Å²) in [6.07, 6.45) is 0. The molecule has 4 heterocycles. The van der Waals surface area contributed by atoms with E-state index in [0.717, 1.165) is 129 Å². The first kappa shape index (κ1) is 39.5. The number of rotatable bonds is 7. The SMILES string of the molecule is c1ccc(N(c2ccccc2)c2ccc3c(c2)oc2cc4c(cc23)Oc2cc(-c3ccc5ccccc5c3)cc3c2B4c2cc4oc5cc(N(c6ccccc6)c6ccccc6)ccc5c4cc2O3)cc1. The third-order valence-corrected chi connectivity index (χ3v) is 14.3. The van der Waals surface area contributed by atoms with Crippen molar-refractivity contribution in [3.8, 4) is 34.1 Å². The summed E-state index contributed by atoms with van der Waals surface area (Å²) in [6.45, 7) is -0.238. The molecule has 0 atom stereocenters. The summed E-state index contributed by atoms with van der Waals surface area (Å²) >= 11 is 0. The van der Waals surface area contributed by atoms with Gasteiger partial charge in [-0.25, -0.2) is 0 Å². The molecule has 2 aliphatic rings. The summed E-state index contributed by atoms with van der Waals surface area (Å²) in [6, 6.07) is 82.8. The number of nitrogens with zero attached hydrogens (tertiary/aromatic N) is 2. The molecule has 0 unspecified atom stereocenters. The molecule has 0 aliphatic carbocycles. The Hall–Kier alpha value is -9.46. The highest BCUT2D eigenvalue weighted by molar-refractivity contribution is 6.98. The number of fused-ring (bicyclic) bond motifs is 11. The molecule has 0 bridgehead atoms. The molecule has 0 saturated heterocycles. The van der Waals surface area contributed by atoms with E-state index in [1.54, 1.807) is 0 Å². The standard InChI is InChI=1S/C64H39BN2O4/c1-5-17-44(18-6-1)66(45-19-7-2-8-20-45)48-27-29-50-52-36-60-54(38-58(52)68-56(50)34-48)65-55-39-59-53(51-30-28-49(35-57(51)69-59)67(46-21-9-3-10-22-46)47-23-11-4-12-24-47)37-61(55)71-63-33-43(32-62(70-60)64(63)65)42-26-25-40-15-13-14-16-41(40)31-42/h1-39H. The smallest absolute Gasteiger partial charge is 0.261 e. The predicted molar refractivity (Wildman–Crippen MR) is 291 cm³/mol. The number of anilines is 6. The lowest BCUT2D eigenvalue weighted by Crippen LogP contribution is -2.57. The molecule has 6 nitrogen and oxygen atoms in total. The highest BCUT2D eigenvalue weighted by Gasteiger charge is 2.42. The Kier molecular flexibility index (Phi) is 8.65. The molecule has 15 rings (SSSR count). The van der Waals surface area contributed by atoms with Crippen LogP contribution in [0.1, 0.15) is 0 Å². The molecule has 0 N–H and O–H groups in total. The van der Waals surface area contributed by atoms with Gasteiger partial charge in [0.05, 0.1) is 0 Å². The first-order chi connectivity index (χ1) is 35.1. The quantitative estimate of drug-likeness (QED) is 0.149. The van der Waals surface area contributed by atoms with Crippen LogP contribution in [-0.4, -0.2) is 6.71 Å². The maximum atomic E-state index is 7.08. The summed E-state index contributed by atoms with van der Waals surface area (Å²) < 4.78 is 27.9. The number of benzene rings is 11. The van der Waals surface area contributed by atoms with Crippen molar-refractivity contribution in [3.63, 3.8) is 0 Å². The van der Waals surface area contributed by atoms with E-state index in [-0.39, 0.29) is 6.71 Å². The Morgan fingerprint density at radius 2 is 0.704 bits per heavy atom. The van der Waals surface area contributed by atoms with E-state index in [1.165, 1.54) is 10.8 Å². The van der Waals surface area contributed by atoms with E-state index < -0.39 is 0 Å². The second kappa shape index (κ2) is 15.5. The number of para-hydroxylation sites is 4. The molecule has 332 valence electrons. The first-order valence-corrected chi connectivity index (χ1v) is 24.0. The molecule has 0 saturated carbocycles. The molecule has 0 spiro atoms. The van der Waals surface area contributed by atoms with E-state index in [1.807, 2.05) is 24.3 Å². The van der Waals surface area contributed by atoms with Gasteiger partial charge in [-0.1, -0.05) is 109 Å². The van der Waals surface area contributed by atoms with Crippen LogP contribution in [0.15, 0.2) is 245 Å². The van der Waals surface area contributed by atoms with Crippen molar-refractivity contribution in [1.82, 2.24) is 0 Å². The minimum atomic E-state index is -0.238. The van der Waals surface area contributed by atoms with E-state index in [0.29, 0.717) is 0 Å². The van der Waals surface area contributed by atoms with Gasteiger partial charge in [0.1, 0.15) is 45.3 Å². The van der Waals surface area contributed by atoms with Gasteiger partial charge >= 0.3 is 0 Å². The average molecular weight is 911 g/mol. The lowest BCUT2D eigenvalue weighted by atomic mass is 9.34. The zero-order valence-corrected chi connectivity index (χ0v) is 38.1. The summed E-state index contributed by atoms with van der Waals surface area (Å²) in [5.74, 6) is 3.09. The number of hydrogen-bond donors (Lipinski definition) is 0. The second-order valence-corrected chi connectivity index (χ2v) is 18.4. The Bertz CT molecular complexity index is 3940.